The Morgan fingerprint density at radius 2 is 0.669 bits per heavy atom. The number of alkyl halides is 29. The van der Waals surface area contributed by atoms with E-state index in [9.17, 15) is 127 Å². The van der Waals surface area contributed by atoms with Crippen molar-refractivity contribution in [2.24, 2.45) is 55.7 Å². The first-order valence-electron chi connectivity index (χ1n) is 42.1. The minimum absolute atomic E-state index is 0.150. The number of benzene rings is 2. The van der Waals surface area contributed by atoms with Crippen LogP contribution >= 0.6 is 0 Å². The van der Waals surface area contributed by atoms with E-state index in [1.165, 1.54) is 115 Å². The molecule has 9 aliphatic carbocycles. The molecule has 696 valence electrons. The minimum atomic E-state index is -4.66. The van der Waals surface area contributed by atoms with Crippen LogP contribution in [-0.4, -0.2) is 83.7 Å². The Bertz CT molecular complexity index is 3090. The summed E-state index contributed by atoms with van der Waals surface area (Å²) in [6.07, 6.45) is 1.57. The molecule has 9 aliphatic rings. The lowest BCUT2D eigenvalue weighted by molar-refractivity contribution is -0.327. The highest BCUT2D eigenvalue weighted by atomic mass is 19.4. The second-order valence-corrected chi connectivity index (χ2v) is 37.5. The van der Waals surface area contributed by atoms with Gasteiger partial charge in [-0.25, -0.2) is 52.7 Å². The first-order valence-corrected chi connectivity index (χ1v) is 42.1. The number of rotatable bonds is 5. The van der Waals surface area contributed by atoms with Crippen molar-refractivity contribution in [3.05, 3.63) is 71.3 Å². The van der Waals surface area contributed by atoms with Gasteiger partial charge in [-0.3, -0.25) is 0 Å². The van der Waals surface area contributed by atoms with E-state index < -0.39 is 161 Å². The van der Waals surface area contributed by atoms with Crippen molar-refractivity contribution < 1.29 is 127 Å². The topological polar surface area (TPSA) is 0 Å². The van der Waals surface area contributed by atoms with Crippen LogP contribution in [0.25, 0.3) is 0 Å². The quantitative estimate of drug-likeness (QED) is 0.262. The lowest BCUT2D eigenvalue weighted by Gasteiger charge is -2.47. The third-order valence-electron chi connectivity index (χ3n) is 27.4. The van der Waals surface area contributed by atoms with Crippen molar-refractivity contribution in [2.75, 3.05) is 0 Å². The second kappa shape index (κ2) is 43.5. The van der Waals surface area contributed by atoms with Crippen LogP contribution in [0.2, 0.25) is 0 Å². The van der Waals surface area contributed by atoms with E-state index >= 15 is 0 Å². The van der Waals surface area contributed by atoms with Gasteiger partial charge in [0.25, 0.3) is 23.7 Å². The first-order chi connectivity index (χ1) is 53.1. The molecule has 0 spiro atoms. The Labute approximate surface area is 684 Å². The molecular weight excluding hydrogens is 1620 g/mol. The number of aryl methyl sites for hydroxylation is 3. The van der Waals surface area contributed by atoms with E-state index in [4.69, 9.17) is 0 Å². The lowest BCUT2D eigenvalue weighted by Crippen LogP contribution is -2.61. The van der Waals surface area contributed by atoms with Crippen molar-refractivity contribution in [2.45, 2.75) is 433 Å². The van der Waals surface area contributed by atoms with Crippen LogP contribution in [0.4, 0.5) is 127 Å². The fourth-order valence-electron chi connectivity index (χ4n) is 16.0. The molecule has 9 saturated carbocycles. The standard InChI is InChI=1S/C9H12F6.C9H14F4.2C9H15F3.C9H18.C8H13F3.C8H10.C8H16.C7H9F5.C7H8.C6H7F5/c1-5-3-4-7(2,6(10)11)9(14,15)8(5,12)13;1-6-4-5-7(2,3)9(12,13)8(6,10)11;1-7-3-5-8(2,6-4-7)9(10,11)12;1-2-8(9(10,11)12)6-4-3-5-7-8;1-3-9(2)7-5-4-6-8-9;1-2-7(8(9,10)11)5-3-4-6-7;1-7-5-3-4-6-8(7)2;1-3-8(2)6-4-5-7-8;1-5(8)2-3-6(9,10)4-7(5,11)12;1-7-5-3-2-4-6-7;1-4(7)2-5(8,9)3-6(4,10)11/h5-6H,3-4H2,1-2H3;6H,4-5H2,1-3H3;7H,3-6H2,1-2H3;2-7H2,1H3;3-8H2,1-2H3;2-6H2,1H3;3-6H,1-2H3;3-7H2,1-2H3;2-4H2,1H3;2-6H,1H3;2-3H2,1H3/t5-,7?;6-;;;;;;;;;/m11........./s1. The fraction of sp³-hybridized carbons (Fsp3) is 0.865. The van der Waals surface area contributed by atoms with Gasteiger partial charge in [0.05, 0.1) is 40.9 Å². The molecule has 11 rings (SSSR count). The molecule has 0 N–H and O–H groups in total. The smallest absolute Gasteiger partial charge is 0.238 e. The predicted octanol–water partition coefficient (Wildman–Crippen LogP) is 35.5. The third kappa shape index (κ3) is 30.6. The molecule has 2 aromatic carbocycles. The highest BCUT2D eigenvalue weighted by molar-refractivity contribution is 5.23. The first kappa shape index (κ1) is 112. The maximum Gasteiger partial charge on any atom is 0.394 e. The molecule has 5 atom stereocenters. The monoisotopic (exact) mass is 1760 g/mol. The Kier molecular flexibility index (Phi) is 41.5. The van der Waals surface area contributed by atoms with Crippen molar-refractivity contribution in [1.29, 1.82) is 0 Å². The van der Waals surface area contributed by atoms with Gasteiger partial charge in [0.2, 0.25) is 6.43 Å². The maximum absolute atomic E-state index is 13.3. The number of halogens is 29. The molecule has 0 amide bonds. The summed E-state index contributed by atoms with van der Waals surface area (Å²) in [5.41, 5.74) is -8.92. The largest absolute Gasteiger partial charge is 0.394 e. The Morgan fingerprint density at radius 1 is 0.339 bits per heavy atom. The average molecular weight is 1760 g/mol. The lowest BCUT2D eigenvalue weighted by atomic mass is 9.67. The molecule has 0 bridgehead atoms. The summed E-state index contributed by atoms with van der Waals surface area (Å²) in [6, 6.07) is 18.6. The van der Waals surface area contributed by atoms with Gasteiger partial charge in [0.15, 0.2) is 11.3 Å². The predicted molar refractivity (Wildman–Crippen MR) is 413 cm³/mol. The van der Waals surface area contributed by atoms with Crippen LogP contribution in [-0.2, 0) is 0 Å². The number of hydrogen-bond donors (Lipinski definition) is 0. The molecule has 0 heterocycles. The molecule has 0 aliphatic heterocycles. The van der Waals surface area contributed by atoms with Crippen LogP contribution in [0.3, 0.4) is 0 Å². The molecule has 0 aromatic heterocycles. The summed E-state index contributed by atoms with van der Waals surface area (Å²) in [6.45, 7) is 28.7. The van der Waals surface area contributed by atoms with E-state index in [2.05, 4.69) is 84.9 Å². The zero-order valence-corrected chi connectivity index (χ0v) is 72.7. The van der Waals surface area contributed by atoms with E-state index in [1.807, 2.05) is 25.1 Å². The van der Waals surface area contributed by atoms with Crippen LogP contribution in [0.15, 0.2) is 54.6 Å². The van der Waals surface area contributed by atoms with Gasteiger partial charge in [0.1, 0.15) is 0 Å². The SMILES string of the molecule is CC1(F)CC(F)(F)CC1(F)F.CC1(F)CCC(F)(F)CC1(F)F.CC1CCC(C)(C(F)(F)F)CC1.CCC1(C(F)(F)F)CCCC1.CCC1(C(F)(F)F)CCCCC1.CCC1(C)CCCC1.CCC1(C)CCCCC1.C[C@@H]1CCC(C)(C(F)F)C(F)(F)C1(F)F.C[C@@H]1CCC(C)(C)C(F)(F)C1(F)F.Cc1ccccc1.Cc1ccccc1C. The van der Waals surface area contributed by atoms with Gasteiger partial charge in [-0.1, -0.05) is 220 Å². The van der Waals surface area contributed by atoms with Crippen LogP contribution in [0, 0.1) is 76.4 Å². The van der Waals surface area contributed by atoms with Gasteiger partial charge in [-0.05, 0) is 191 Å². The van der Waals surface area contributed by atoms with Crippen molar-refractivity contribution in [1.82, 2.24) is 0 Å². The van der Waals surface area contributed by atoms with E-state index in [0.29, 0.717) is 65.2 Å². The average Bonchev–Trinajstić information content (AvgIpc) is 1.01. The Morgan fingerprint density at radius 3 is 0.924 bits per heavy atom. The van der Waals surface area contributed by atoms with Crippen LogP contribution < -0.4 is 0 Å². The molecule has 0 radical (unpaired) electrons. The van der Waals surface area contributed by atoms with Gasteiger partial charge < -0.3 is 0 Å². The van der Waals surface area contributed by atoms with E-state index in [0.717, 1.165) is 62.7 Å². The summed E-state index contributed by atoms with van der Waals surface area (Å²) in [5, 5.41) is 0. The Hall–Kier alpha value is -3.59. The van der Waals surface area contributed by atoms with Crippen LogP contribution in [0.5, 0.6) is 0 Å². The van der Waals surface area contributed by atoms with Crippen molar-refractivity contribution in [3.63, 3.8) is 0 Å². The summed E-state index contributed by atoms with van der Waals surface area (Å²) in [7, 11) is 0. The zero-order chi connectivity index (χ0) is 92.2. The molecular formula is C89H137F29. The van der Waals surface area contributed by atoms with Crippen molar-refractivity contribution in [3.8, 4) is 0 Å². The molecule has 29 heteroatoms. The maximum atomic E-state index is 13.3. The molecule has 2 aromatic rings. The molecule has 0 nitrogen and oxygen atoms in total. The second-order valence-electron chi connectivity index (χ2n) is 37.5. The summed E-state index contributed by atoms with van der Waals surface area (Å²) < 4.78 is 368. The summed E-state index contributed by atoms with van der Waals surface area (Å²) in [4.78, 5) is 0. The Balaban J connectivity index is 0.000000652. The highest BCUT2D eigenvalue weighted by Crippen LogP contribution is 2.62. The van der Waals surface area contributed by atoms with Crippen molar-refractivity contribution >= 4 is 0 Å². The fourth-order valence-corrected chi connectivity index (χ4v) is 16.0. The third-order valence-corrected chi connectivity index (χ3v) is 27.4. The van der Waals surface area contributed by atoms with E-state index in [1.54, 1.807) is 13.8 Å². The van der Waals surface area contributed by atoms with Gasteiger partial charge in [0, 0.05) is 23.7 Å². The highest BCUT2D eigenvalue weighted by Gasteiger charge is 2.74. The molecule has 118 heavy (non-hydrogen) atoms. The zero-order valence-electron chi connectivity index (χ0n) is 72.7. The molecule has 0 saturated heterocycles. The van der Waals surface area contributed by atoms with Gasteiger partial charge in [-0.15, -0.1) is 0 Å². The number of hydrogen-bond acceptors (Lipinski definition) is 0. The summed E-state index contributed by atoms with van der Waals surface area (Å²) in [5.74, 6) is -33.9. The molecule has 3 unspecified atom stereocenters. The van der Waals surface area contributed by atoms with Gasteiger partial charge >= 0.3 is 42.2 Å². The summed E-state index contributed by atoms with van der Waals surface area (Å²) >= 11 is 0. The normalized spacial score (nSPS) is 30.3. The van der Waals surface area contributed by atoms with E-state index in [-0.39, 0.29) is 32.1 Å². The molecule has 9 fully saturated rings. The minimum Gasteiger partial charge on any atom is -0.238 e. The van der Waals surface area contributed by atoms with Gasteiger partial charge in [-0.2, -0.15) is 74.6 Å². The van der Waals surface area contributed by atoms with Crippen LogP contribution in [0.1, 0.15) is 345 Å².